The fourth-order valence-electron chi connectivity index (χ4n) is 1.80. The number of hydrogen-bond acceptors (Lipinski definition) is 4. The molecule has 1 aromatic heterocycles. The fraction of sp³-hybridized carbons (Fsp3) is 0.308. The highest BCUT2D eigenvalue weighted by molar-refractivity contribution is 7.13. The highest BCUT2D eigenvalue weighted by atomic mass is 32.1. The predicted octanol–water partition coefficient (Wildman–Crippen LogP) is 3.44. The van der Waals surface area contributed by atoms with Crippen LogP contribution in [0.1, 0.15) is 11.3 Å². The summed E-state index contributed by atoms with van der Waals surface area (Å²) in [4.78, 5) is 4.48. The first kappa shape index (κ1) is 11.9. The summed E-state index contributed by atoms with van der Waals surface area (Å²) in [6.45, 7) is 3.98. The second-order valence-electron chi connectivity index (χ2n) is 3.77. The molecule has 0 aliphatic rings. The summed E-state index contributed by atoms with van der Waals surface area (Å²) in [5.74, 6) is 1.66. The SMILES string of the molecule is COc1ccc(-c2nc(C)cs2)c(OC)c1C. The zero-order valence-electron chi connectivity index (χ0n) is 10.4. The van der Waals surface area contributed by atoms with E-state index in [4.69, 9.17) is 9.47 Å². The van der Waals surface area contributed by atoms with Gasteiger partial charge in [-0.1, -0.05) is 0 Å². The molecule has 90 valence electrons. The van der Waals surface area contributed by atoms with Crippen molar-refractivity contribution in [1.82, 2.24) is 4.98 Å². The second-order valence-corrected chi connectivity index (χ2v) is 4.63. The minimum Gasteiger partial charge on any atom is -0.496 e. The summed E-state index contributed by atoms with van der Waals surface area (Å²) in [5, 5.41) is 3.01. The lowest BCUT2D eigenvalue weighted by atomic mass is 10.1. The molecule has 0 aliphatic heterocycles. The molecule has 0 bridgehead atoms. The van der Waals surface area contributed by atoms with E-state index in [-0.39, 0.29) is 0 Å². The number of aromatic nitrogens is 1. The van der Waals surface area contributed by atoms with Gasteiger partial charge in [0.05, 0.1) is 19.8 Å². The average molecular weight is 249 g/mol. The number of aryl methyl sites for hydroxylation is 1. The van der Waals surface area contributed by atoms with Gasteiger partial charge in [0.25, 0.3) is 0 Å². The van der Waals surface area contributed by atoms with E-state index >= 15 is 0 Å². The number of nitrogens with zero attached hydrogens (tertiary/aromatic N) is 1. The molecule has 2 aromatic rings. The van der Waals surface area contributed by atoms with E-state index < -0.39 is 0 Å². The Morgan fingerprint density at radius 2 is 1.88 bits per heavy atom. The molecule has 0 aliphatic carbocycles. The van der Waals surface area contributed by atoms with Crippen molar-refractivity contribution in [2.75, 3.05) is 14.2 Å². The molecule has 0 atom stereocenters. The average Bonchev–Trinajstić information content (AvgIpc) is 2.75. The maximum Gasteiger partial charge on any atom is 0.135 e. The quantitative estimate of drug-likeness (QED) is 0.835. The van der Waals surface area contributed by atoms with Crippen LogP contribution >= 0.6 is 11.3 Å². The van der Waals surface area contributed by atoms with Gasteiger partial charge in [-0.25, -0.2) is 4.98 Å². The van der Waals surface area contributed by atoms with Crippen LogP contribution in [0.15, 0.2) is 17.5 Å². The van der Waals surface area contributed by atoms with Crippen molar-refractivity contribution in [2.45, 2.75) is 13.8 Å². The molecule has 4 heteroatoms. The van der Waals surface area contributed by atoms with Crippen LogP contribution < -0.4 is 9.47 Å². The molecule has 0 saturated carbocycles. The van der Waals surface area contributed by atoms with Gasteiger partial charge >= 0.3 is 0 Å². The molecule has 0 unspecified atom stereocenters. The molecule has 17 heavy (non-hydrogen) atoms. The molecule has 0 saturated heterocycles. The number of thiazole rings is 1. The van der Waals surface area contributed by atoms with Crippen LogP contribution in [0.3, 0.4) is 0 Å². The Balaban J connectivity index is 2.58. The third kappa shape index (κ3) is 2.13. The minimum atomic E-state index is 0.832. The summed E-state index contributed by atoms with van der Waals surface area (Å²) in [5.41, 5.74) is 3.05. The van der Waals surface area contributed by atoms with Crippen LogP contribution in [0, 0.1) is 13.8 Å². The summed E-state index contributed by atoms with van der Waals surface area (Å²) in [7, 11) is 3.33. The minimum absolute atomic E-state index is 0.832. The van der Waals surface area contributed by atoms with Crippen molar-refractivity contribution in [2.24, 2.45) is 0 Å². The first-order valence-corrected chi connectivity index (χ1v) is 6.19. The van der Waals surface area contributed by atoms with Crippen molar-refractivity contribution in [3.63, 3.8) is 0 Å². The molecule has 0 N–H and O–H groups in total. The third-order valence-corrected chi connectivity index (χ3v) is 3.62. The van der Waals surface area contributed by atoms with Gasteiger partial charge in [-0.05, 0) is 26.0 Å². The number of hydrogen-bond donors (Lipinski definition) is 0. The summed E-state index contributed by atoms with van der Waals surface area (Å²) in [6.07, 6.45) is 0. The van der Waals surface area contributed by atoms with E-state index in [1.165, 1.54) is 0 Å². The molecule has 0 spiro atoms. The van der Waals surface area contributed by atoms with E-state index in [2.05, 4.69) is 4.98 Å². The summed E-state index contributed by atoms with van der Waals surface area (Å²) < 4.78 is 10.8. The normalized spacial score (nSPS) is 10.4. The lowest BCUT2D eigenvalue weighted by Crippen LogP contribution is -1.95. The number of rotatable bonds is 3. The molecule has 0 radical (unpaired) electrons. The van der Waals surface area contributed by atoms with E-state index in [0.717, 1.165) is 33.3 Å². The largest absolute Gasteiger partial charge is 0.496 e. The molecule has 2 rings (SSSR count). The van der Waals surface area contributed by atoms with Gasteiger partial charge in [0, 0.05) is 16.6 Å². The van der Waals surface area contributed by atoms with E-state index in [1.54, 1.807) is 25.6 Å². The molecule has 1 aromatic carbocycles. The van der Waals surface area contributed by atoms with Gasteiger partial charge < -0.3 is 9.47 Å². The number of benzene rings is 1. The van der Waals surface area contributed by atoms with Gasteiger partial charge in [0.1, 0.15) is 16.5 Å². The zero-order valence-corrected chi connectivity index (χ0v) is 11.2. The third-order valence-electron chi connectivity index (χ3n) is 2.63. The van der Waals surface area contributed by atoms with Crippen molar-refractivity contribution >= 4 is 11.3 Å². The van der Waals surface area contributed by atoms with Crippen molar-refractivity contribution < 1.29 is 9.47 Å². The second kappa shape index (κ2) is 4.75. The van der Waals surface area contributed by atoms with Gasteiger partial charge in [-0.15, -0.1) is 11.3 Å². The van der Waals surface area contributed by atoms with Crippen molar-refractivity contribution in [3.8, 4) is 22.1 Å². The first-order chi connectivity index (χ1) is 8.17. The van der Waals surface area contributed by atoms with Gasteiger partial charge in [-0.3, -0.25) is 0 Å². The Morgan fingerprint density at radius 1 is 1.12 bits per heavy atom. The van der Waals surface area contributed by atoms with Crippen molar-refractivity contribution in [1.29, 1.82) is 0 Å². The number of methoxy groups -OCH3 is 2. The number of ether oxygens (including phenoxy) is 2. The predicted molar refractivity (Wildman–Crippen MR) is 70.1 cm³/mol. The van der Waals surface area contributed by atoms with Crippen LogP contribution in [-0.4, -0.2) is 19.2 Å². The Kier molecular flexibility index (Phi) is 3.33. The molecular weight excluding hydrogens is 234 g/mol. The van der Waals surface area contributed by atoms with E-state index in [1.807, 2.05) is 31.4 Å². The molecule has 3 nitrogen and oxygen atoms in total. The molecule has 0 fully saturated rings. The van der Waals surface area contributed by atoms with Crippen LogP contribution in [0.5, 0.6) is 11.5 Å². The smallest absolute Gasteiger partial charge is 0.135 e. The molecule has 1 heterocycles. The van der Waals surface area contributed by atoms with E-state index in [0.29, 0.717) is 0 Å². The summed E-state index contributed by atoms with van der Waals surface area (Å²) >= 11 is 1.62. The highest BCUT2D eigenvalue weighted by Crippen LogP contribution is 2.38. The molecular formula is C13H15NO2S. The monoisotopic (exact) mass is 249 g/mol. The maximum atomic E-state index is 5.47. The Bertz CT molecular complexity index is 534. The van der Waals surface area contributed by atoms with Crippen LogP contribution in [0.2, 0.25) is 0 Å². The molecule has 0 amide bonds. The Hall–Kier alpha value is -1.55. The lowest BCUT2D eigenvalue weighted by Gasteiger charge is -2.12. The first-order valence-electron chi connectivity index (χ1n) is 5.31. The van der Waals surface area contributed by atoms with Crippen LogP contribution in [-0.2, 0) is 0 Å². The zero-order chi connectivity index (χ0) is 12.4. The Labute approximate surface area is 105 Å². The van der Waals surface area contributed by atoms with Gasteiger partial charge in [0.2, 0.25) is 0 Å². The van der Waals surface area contributed by atoms with Crippen LogP contribution in [0.4, 0.5) is 0 Å². The highest BCUT2D eigenvalue weighted by Gasteiger charge is 2.14. The van der Waals surface area contributed by atoms with Crippen LogP contribution in [0.25, 0.3) is 10.6 Å². The van der Waals surface area contributed by atoms with Gasteiger partial charge in [-0.2, -0.15) is 0 Å². The fourth-order valence-corrected chi connectivity index (χ4v) is 2.62. The van der Waals surface area contributed by atoms with Crippen molar-refractivity contribution in [3.05, 3.63) is 28.8 Å². The van der Waals surface area contributed by atoms with E-state index in [9.17, 15) is 0 Å². The topological polar surface area (TPSA) is 31.4 Å². The summed E-state index contributed by atoms with van der Waals surface area (Å²) in [6, 6.07) is 3.94. The lowest BCUT2D eigenvalue weighted by molar-refractivity contribution is 0.390. The Morgan fingerprint density at radius 3 is 2.41 bits per heavy atom. The standard InChI is InChI=1S/C13H15NO2S/c1-8-7-17-13(14-8)10-5-6-11(15-3)9(2)12(10)16-4/h5-7H,1-4H3. The van der Waals surface area contributed by atoms with Gasteiger partial charge in [0.15, 0.2) is 0 Å². The maximum absolute atomic E-state index is 5.47.